The minimum Gasteiger partial charge on any atom is -0.377 e. The van der Waals surface area contributed by atoms with Crippen molar-refractivity contribution in [1.82, 2.24) is 9.72 Å². The van der Waals surface area contributed by atoms with E-state index in [0.29, 0.717) is 16.8 Å². The van der Waals surface area contributed by atoms with Crippen molar-refractivity contribution in [3.8, 4) is 0 Å². The van der Waals surface area contributed by atoms with Crippen LogP contribution >= 0.6 is 0 Å². The van der Waals surface area contributed by atoms with Gasteiger partial charge in [-0.05, 0) is 18.9 Å². The van der Waals surface area contributed by atoms with Crippen molar-refractivity contribution >= 4 is 16.8 Å². The number of hydrogen-bond acceptors (Lipinski definition) is 4. The second-order valence-electron chi connectivity index (χ2n) is 5.00. The molecule has 0 saturated heterocycles. The first-order valence-electron chi connectivity index (χ1n) is 6.95. The first-order valence-corrected chi connectivity index (χ1v) is 6.95. The maximum Gasteiger partial charge on any atom is 0.287 e. The number of fused-ring (bicyclic) bond motifs is 1. The minimum absolute atomic E-state index is 0.127. The monoisotopic (exact) mass is 276 g/mol. The van der Waals surface area contributed by atoms with E-state index in [0.717, 1.165) is 25.7 Å². The van der Waals surface area contributed by atoms with Crippen molar-refractivity contribution in [3.05, 3.63) is 28.1 Å². The van der Waals surface area contributed by atoms with Crippen LogP contribution in [0.3, 0.4) is 0 Å². The fourth-order valence-corrected chi connectivity index (χ4v) is 2.46. The molecule has 0 amide bonds. The normalized spacial score (nSPS) is 11.3. The summed E-state index contributed by atoms with van der Waals surface area (Å²) in [5.74, 6) is 0.520. The molecule has 2 heterocycles. The van der Waals surface area contributed by atoms with Gasteiger partial charge in [0, 0.05) is 5.92 Å². The van der Waals surface area contributed by atoms with E-state index in [1.165, 1.54) is 10.6 Å². The van der Waals surface area contributed by atoms with E-state index in [9.17, 15) is 4.79 Å². The maximum atomic E-state index is 11.5. The quantitative estimate of drug-likeness (QED) is 0.577. The average Bonchev–Trinajstić information content (AvgIpc) is 2.78. The largest absolute Gasteiger partial charge is 0.377 e. The molecule has 0 aromatic carbocycles. The Morgan fingerprint density at radius 3 is 2.65 bits per heavy atom. The zero-order valence-electron chi connectivity index (χ0n) is 11.8. The summed E-state index contributed by atoms with van der Waals surface area (Å²) >= 11 is 0. The van der Waals surface area contributed by atoms with Crippen molar-refractivity contribution in [1.29, 1.82) is 10.8 Å². The molecule has 0 unspecified atom stereocenters. The van der Waals surface area contributed by atoms with Gasteiger partial charge in [0.05, 0.1) is 11.6 Å². The topological polar surface area (TPSA) is 98.6 Å². The zero-order valence-corrected chi connectivity index (χ0v) is 11.8. The molecule has 0 spiro atoms. The fourth-order valence-electron chi connectivity index (χ4n) is 2.46. The van der Waals surface area contributed by atoms with Gasteiger partial charge in [0.15, 0.2) is 5.58 Å². The molecule has 0 radical (unpaired) electrons. The van der Waals surface area contributed by atoms with E-state index >= 15 is 0 Å². The second-order valence-corrected chi connectivity index (χ2v) is 5.00. The summed E-state index contributed by atoms with van der Waals surface area (Å²) in [4.78, 5) is 11.5. The van der Waals surface area contributed by atoms with E-state index in [4.69, 9.17) is 15.3 Å². The lowest BCUT2D eigenvalue weighted by Crippen LogP contribution is -2.31. The summed E-state index contributed by atoms with van der Waals surface area (Å²) < 4.78 is 6.55. The number of aromatic nitrogens is 2. The van der Waals surface area contributed by atoms with Crippen LogP contribution in [0.25, 0.3) is 11.0 Å². The Labute approximate surface area is 116 Å². The molecular weight excluding hydrogens is 256 g/mol. The van der Waals surface area contributed by atoms with E-state index in [2.05, 4.69) is 19.0 Å². The Bertz CT molecular complexity index is 717. The summed E-state index contributed by atoms with van der Waals surface area (Å²) in [5, 5.41) is 18.9. The van der Waals surface area contributed by atoms with Gasteiger partial charge in [-0.2, -0.15) is 5.16 Å². The van der Waals surface area contributed by atoms with Crippen LogP contribution in [0.5, 0.6) is 0 Å². The van der Waals surface area contributed by atoms with Crippen LogP contribution < -0.4 is 11.0 Å². The van der Waals surface area contributed by atoms with Crippen molar-refractivity contribution < 1.29 is 4.52 Å². The van der Waals surface area contributed by atoms with Crippen LogP contribution in [0.1, 0.15) is 39.5 Å². The highest BCUT2D eigenvalue weighted by Crippen LogP contribution is 2.16. The summed E-state index contributed by atoms with van der Waals surface area (Å²) in [5.41, 5.74) is 0.167. The van der Waals surface area contributed by atoms with Gasteiger partial charge < -0.3 is 4.52 Å². The molecule has 20 heavy (non-hydrogen) atoms. The molecule has 0 atom stereocenters. The SMILES string of the molecule is CCCC(CCC)C(=N)n1cc2o[nH]c(=O)c2cc1=N. The third kappa shape index (κ3) is 2.59. The lowest BCUT2D eigenvalue weighted by molar-refractivity contribution is 0.447. The average molecular weight is 276 g/mol. The Kier molecular flexibility index (Phi) is 4.22. The van der Waals surface area contributed by atoms with Crippen LogP contribution in [-0.2, 0) is 0 Å². The molecule has 2 rings (SSSR count). The molecule has 0 fully saturated rings. The molecule has 2 aromatic rings. The van der Waals surface area contributed by atoms with Crippen LogP contribution in [-0.4, -0.2) is 15.6 Å². The predicted octanol–water partition coefficient (Wildman–Crippen LogP) is 2.44. The molecule has 0 aliphatic carbocycles. The van der Waals surface area contributed by atoms with Gasteiger partial charge in [0.2, 0.25) is 0 Å². The van der Waals surface area contributed by atoms with Gasteiger partial charge in [-0.1, -0.05) is 26.7 Å². The number of nitrogens with zero attached hydrogens (tertiary/aromatic N) is 1. The van der Waals surface area contributed by atoms with Gasteiger partial charge in [-0.15, -0.1) is 0 Å². The van der Waals surface area contributed by atoms with E-state index in [1.807, 2.05) is 0 Å². The molecular formula is C14H20N4O2. The van der Waals surface area contributed by atoms with Gasteiger partial charge in [-0.25, -0.2) is 0 Å². The van der Waals surface area contributed by atoms with Gasteiger partial charge in [0.25, 0.3) is 5.56 Å². The molecule has 6 heteroatoms. The Morgan fingerprint density at radius 2 is 2.05 bits per heavy atom. The number of nitrogens with one attached hydrogen (secondary N) is 3. The maximum absolute atomic E-state index is 11.5. The van der Waals surface area contributed by atoms with E-state index < -0.39 is 0 Å². The Morgan fingerprint density at radius 1 is 1.40 bits per heavy atom. The van der Waals surface area contributed by atoms with E-state index in [-0.39, 0.29) is 17.0 Å². The molecule has 108 valence electrons. The number of aromatic amines is 1. The van der Waals surface area contributed by atoms with Crippen LogP contribution in [0.4, 0.5) is 0 Å². The van der Waals surface area contributed by atoms with Crippen molar-refractivity contribution in [2.75, 3.05) is 0 Å². The van der Waals surface area contributed by atoms with Gasteiger partial charge >= 0.3 is 0 Å². The molecule has 0 aliphatic heterocycles. The van der Waals surface area contributed by atoms with Crippen LogP contribution in [0.2, 0.25) is 0 Å². The highest BCUT2D eigenvalue weighted by Gasteiger charge is 2.16. The van der Waals surface area contributed by atoms with Crippen LogP contribution in [0, 0.1) is 16.7 Å². The lowest BCUT2D eigenvalue weighted by Gasteiger charge is -2.18. The summed E-state index contributed by atoms with van der Waals surface area (Å²) in [6.07, 6.45) is 5.41. The summed E-state index contributed by atoms with van der Waals surface area (Å²) in [6, 6.07) is 1.45. The highest BCUT2D eigenvalue weighted by atomic mass is 16.5. The number of rotatable bonds is 5. The molecule has 3 N–H and O–H groups in total. The zero-order chi connectivity index (χ0) is 14.7. The summed E-state index contributed by atoms with van der Waals surface area (Å²) in [6.45, 7) is 4.19. The predicted molar refractivity (Wildman–Crippen MR) is 77.1 cm³/mol. The summed E-state index contributed by atoms with van der Waals surface area (Å²) in [7, 11) is 0. The fraction of sp³-hybridized carbons (Fsp3) is 0.500. The number of hydrogen-bond donors (Lipinski definition) is 3. The first-order chi connectivity index (χ1) is 9.58. The lowest BCUT2D eigenvalue weighted by atomic mass is 9.97. The third-order valence-corrected chi connectivity index (χ3v) is 3.47. The Balaban J connectivity index is 2.45. The molecule has 0 bridgehead atoms. The molecule has 0 saturated carbocycles. The van der Waals surface area contributed by atoms with Gasteiger partial charge in [-0.3, -0.25) is 20.2 Å². The van der Waals surface area contributed by atoms with E-state index in [1.54, 1.807) is 6.20 Å². The molecule has 2 aromatic heterocycles. The molecule has 0 aliphatic rings. The Hall–Kier alpha value is -2.11. The van der Waals surface area contributed by atoms with Crippen molar-refractivity contribution in [2.24, 2.45) is 5.92 Å². The highest BCUT2D eigenvalue weighted by molar-refractivity contribution is 5.86. The smallest absolute Gasteiger partial charge is 0.287 e. The molecule has 6 nitrogen and oxygen atoms in total. The standard InChI is InChI=1S/C14H20N4O2/c1-3-5-9(6-4-2)13(16)18-8-11-10(7-12(18)15)14(19)17-20-11/h7-9,15-16H,3-6H2,1-2H3,(H,17,19). The third-order valence-electron chi connectivity index (χ3n) is 3.47. The first kappa shape index (κ1) is 14.3. The van der Waals surface area contributed by atoms with Crippen LogP contribution in [0.15, 0.2) is 21.6 Å². The number of pyridine rings is 1. The number of H-pyrrole nitrogens is 1. The van der Waals surface area contributed by atoms with Gasteiger partial charge in [0.1, 0.15) is 11.3 Å². The second kappa shape index (κ2) is 5.90. The van der Waals surface area contributed by atoms with Crippen molar-refractivity contribution in [3.63, 3.8) is 0 Å². The van der Waals surface area contributed by atoms with Crippen molar-refractivity contribution in [2.45, 2.75) is 39.5 Å². The minimum atomic E-state index is -0.342.